The van der Waals surface area contributed by atoms with E-state index < -0.39 is 17.4 Å². The van der Waals surface area contributed by atoms with Gasteiger partial charge in [-0.3, -0.25) is 18.7 Å². The summed E-state index contributed by atoms with van der Waals surface area (Å²) in [7, 11) is 1.35. The van der Waals surface area contributed by atoms with Crippen molar-refractivity contribution in [2.24, 2.45) is 0 Å². The molecule has 0 aliphatic rings. The van der Waals surface area contributed by atoms with E-state index in [9.17, 15) is 18.8 Å². The molecule has 0 fully saturated rings. The van der Waals surface area contributed by atoms with Gasteiger partial charge in [0.15, 0.2) is 11.6 Å². The van der Waals surface area contributed by atoms with Crippen molar-refractivity contribution in [3.8, 4) is 5.75 Å². The molecule has 1 N–H and O–H groups in total. The van der Waals surface area contributed by atoms with E-state index in [2.05, 4.69) is 5.32 Å². The zero-order valence-corrected chi connectivity index (χ0v) is 15.6. The van der Waals surface area contributed by atoms with E-state index in [0.717, 1.165) is 10.6 Å². The van der Waals surface area contributed by atoms with Crippen LogP contribution in [0, 0.1) is 5.82 Å². The minimum absolute atomic E-state index is 0.0656. The van der Waals surface area contributed by atoms with Gasteiger partial charge in [-0.25, -0.2) is 9.18 Å². The summed E-state index contributed by atoms with van der Waals surface area (Å²) < 4.78 is 21.4. The first kappa shape index (κ1) is 18.8. The molecule has 0 radical (unpaired) electrons. The first-order chi connectivity index (χ1) is 13.0. The van der Waals surface area contributed by atoms with E-state index in [1.165, 1.54) is 35.1 Å². The van der Waals surface area contributed by atoms with Gasteiger partial charge in [-0.15, -0.1) is 11.3 Å². The van der Waals surface area contributed by atoms with Crippen molar-refractivity contribution in [1.82, 2.24) is 9.13 Å². The van der Waals surface area contributed by atoms with Crippen LogP contribution in [-0.2, 0) is 17.9 Å². The van der Waals surface area contributed by atoms with Crippen LogP contribution in [0.15, 0.2) is 39.2 Å². The Labute approximate surface area is 157 Å². The van der Waals surface area contributed by atoms with Crippen molar-refractivity contribution in [2.75, 3.05) is 12.4 Å². The summed E-state index contributed by atoms with van der Waals surface area (Å²) in [5.41, 5.74) is -0.224. The largest absolute Gasteiger partial charge is 0.494 e. The van der Waals surface area contributed by atoms with Crippen molar-refractivity contribution < 1.29 is 13.9 Å². The lowest BCUT2D eigenvalue weighted by molar-refractivity contribution is -0.116. The molecule has 9 heteroatoms. The highest BCUT2D eigenvalue weighted by atomic mass is 32.1. The quantitative estimate of drug-likeness (QED) is 0.700. The minimum Gasteiger partial charge on any atom is -0.494 e. The highest BCUT2D eigenvalue weighted by Crippen LogP contribution is 2.21. The molecule has 142 valence electrons. The van der Waals surface area contributed by atoms with Gasteiger partial charge in [0.05, 0.1) is 12.6 Å². The van der Waals surface area contributed by atoms with Crippen LogP contribution >= 0.6 is 11.3 Å². The van der Waals surface area contributed by atoms with Gasteiger partial charge in [0, 0.05) is 18.3 Å². The number of nitrogens with one attached hydrogen (secondary N) is 1. The van der Waals surface area contributed by atoms with Crippen molar-refractivity contribution in [1.29, 1.82) is 0 Å². The number of anilines is 1. The van der Waals surface area contributed by atoms with E-state index in [1.807, 2.05) is 6.92 Å². The molecule has 1 amide bonds. The van der Waals surface area contributed by atoms with Crippen LogP contribution in [0.3, 0.4) is 0 Å². The van der Waals surface area contributed by atoms with Crippen molar-refractivity contribution in [3.05, 3.63) is 56.3 Å². The number of rotatable bonds is 6. The first-order valence-corrected chi connectivity index (χ1v) is 9.18. The zero-order valence-electron chi connectivity index (χ0n) is 14.8. The fraction of sp³-hybridized carbons (Fsp3) is 0.278. The molecule has 2 heterocycles. The summed E-state index contributed by atoms with van der Waals surface area (Å²) in [6.07, 6.45) is 0.614. The second-order valence-electron chi connectivity index (χ2n) is 5.86. The predicted molar refractivity (Wildman–Crippen MR) is 102 cm³/mol. The number of carbonyl (C=O) groups is 1. The molecule has 0 saturated heterocycles. The Hall–Kier alpha value is -2.94. The van der Waals surface area contributed by atoms with E-state index >= 15 is 0 Å². The molecule has 0 unspecified atom stereocenters. The van der Waals surface area contributed by atoms with Crippen LogP contribution in [-0.4, -0.2) is 22.2 Å². The number of amides is 1. The highest BCUT2D eigenvalue weighted by Gasteiger charge is 2.16. The van der Waals surface area contributed by atoms with Crippen LogP contribution in [0.5, 0.6) is 5.75 Å². The van der Waals surface area contributed by atoms with E-state index in [0.29, 0.717) is 16.6 Å². The Kier molecular flexibility index (Phi) is 5.41. The molecular weight excluding hydrogens is 373 g/mol. The molecule has 0 atom stereocenters. The molecule has 7 nitrogen and oxygen atoms in total. The first-order valence-electron chi connectivity index (χ1n) is 8.30. The molecular formula is C18H18FN3O4S. The van der Waals surface area contributed by atoms with Crippen molar-refractivity contribution >= 4 is 33.1 Å². The Morgan fingerprint density at radius 3 is 2.70 bits per heavy atom. The molecule has 0 aliphatic carbocycles. The van der Waals surface area contributed by atoms with Crippen LogP contribution in [0.25, 0.3) is 10.2 Å². The number of ether oxygens (including phenoxy) is 1. The molecule has 0 saturated carbocycles. The maximum absolute atomic E-state index is 13.8. The second kappa shape index (κ2) is 7.75. The van der Waals surface area contributed by atoms with Crippen LogP contribution in [0.1, 0.15) is 13.3 Å². The maximum atomic E-state index is 13.8. The molecule has 0 aliphatic heterocycles. The average molecular weight is 391 g/mol. The SMILES string of the molecule is CCCn1c(=O)c2sccc2n(CC(=O)Nc2ccc(OC)c(F)c2)c1=O. The lowest BCUT2D eigenvalue weighted by Crippen LogP contribution is -2.41. The van der Waals surface area contributed by atoms with E-state index in [4.69, 9.17) is 4.74 Å². The fourth-order valence-electron chi connectivity index (χ4n) is 2.80. The van der Waals surface area contributed by atoms with Gasteiger partial charge in [-0.05, 0) is 30.0 Å². The molecule has 2 aromatic heterocycles. The molecule has 3 aromatic rings. The maximum Gasteiger partial charge on any atom is 0.332 e. The third-order valence-corrected chi connectivity index (χ3v) is 4.91. The summed E-state index contributed by atoms with van der Waals surface area (Å²) in [6.45, 7) is 1.85. The summed E-state index contributed by atoms with van der Waals surface area (Å²) in [4.78, 5) is 37.5. The van der Waals surface area contributed by atoms with Crippen LogP contribution in [0.4, 0.5) is 10.1 Å². The van der Waals surface area contributed by atoms with E-state index in [-0.39, 0.29) is 30.1 Å². The van der Waals surface area contributed by atoms with Crippen molar-refractivity contribution in [3.63, 3.8) is 0 Å². The summed E-state index contributed by atoms with van der Waals surface area (Å²) in [5, 5.41) is 4.26. The monoisotopic (exact) mass is 391 g/mol. The number of carbonyl (C=O) groups excluding carboxylic acids is 1. The molecule has 27 heavy (non-hydrogen) atoms. The predicted octanol–water partition coefficient (Wildman–Crippen LogP) is 2.42. The van der Waals surface area contributed by atoms with E-state index in [1.54, 1.807) is 11.4 Å². The fourth-order valence-corrected chi connectivity index (χ4v) is 3.64. The number of aromatic nitrogens is 2. The Morgan fingerprint density at radius 1 is 1.26 bits per heavy atom. The van der Waals surface area contributed by atoms with Crippen LogP contribution < -0.4 is 21.3 Å². The Balaban J connectivity index is 1.93. The van der Waals surface area contributed by atoms with Gasteiger partial charge >= 0.3 is 5.69 Å². The number of nitrogens with zero attached hydrogens (tertiary/aromatic N) is 2. The topological polar surface area (TPSA) is 82.3 Å². The van der Waals surface area contributed by atoms with Gasteiger partial charge in [0.25, 0.3) is 5.56 Å². The minimum atomic E-state index is -0.607. The number of fused-ring (bicyclic) bond motifs is 1. The number of halogens is 1. The molecule has 1 aromatic carbocycles. The smallest absolute Gasteiger partial charge is 0.332 e. The van der Waals surface area contributed by atoms with Crippen LogP contribution in [0.2, 0.25) is 0 Å². The van der Waals surface area contributed by atoms with Gasteiger partial charge < -0.3 is 10.1 Å². The number of benzene rings is 1. The molecule has 3 rings (SSSR count). The highest BCUT2D eigenvalue weighted by molar-refractivity contribution is 7.17. The molecule has 0 spiro atoms. The van der Waals surface area contributed by atoms with Crippen molar-refractivity contribution in [2.45, 2.75) is 26.4 Å². The molecule has 0 bridgehead atoms. The Bertz CT molecular complexity index is 1120. The van der Waals surface area contributed by atoms with Gasteiger partial charge in [-0.2, -0.15) is 0 Å². The number of hydrogen-bond donors (Lipinski definition) is 1. The third-order valence-electron chi connectivity index (χ3n) is 4.02. The average Bonchev–Trinajstić information content (AvgIpc) is 3.12. The number of thiophene rings is 1. The normalized spacial score (nSPS) is 10.9. The summed E-state index contributed by atoms with van der Waals surface area (Å²) in [6, 6.07) is 5.67. The van der Waals surface area contributed by atoms with Gasteiger partial charge in [-0.1, -0.05) is 6.92 Å². The Morgan fingerprint density at radius 2 is 2.04 bits per heavy atom. The van der Waals surface area contributed by atoms with Gasteiger partial charge in [0.2, 0.25) is 5.91 Å². The summed E-state index contributed by atoms with van der Waals surface area (Å²) >= 11 is 1.23. The second-order valence-corrected chi connectivity index (χ2v) is 6.77. The number of methoxy groups -OCH3 is 1. The summed E-state index contributed by atoms with van der Waals surface area (Å²) in [5.74, 6) is -1.05. The lowest BCUT2D eigenvalue weighted by Gasteiger charge is -2.12. The number of hydrogen-bond acceptors (Lipinski definition) is 5. The van der Waals surface area contributed by atoms with Gasteiger partial charge in [0.1, 0.15) is 11.2 Å². The lowest BCUT2D eigenvalue weighted by atomic mass is 10.3. The zero-order chi connectivity index (χ0) is 19.6. The third kappa shape index (κ3) is 3.63. The standard InChI is InChI=1S/C18H18FN3O4S/c1-3-7-21-17(24)16-13(6-8-27-16)22(18(21)25)10-15(23)20-11-4-5-14(26-2)12(19)9-11/h4-6,8-9H,3,7,10H2,1-2H3,(H,20,23).